The van der Waals surface area contributed by atoms with Gasteiger partial charge in [-0.05, 0) is 23.8 Å². The minimum Gasteiger partial charge on any atom is -0.493 e. The summed E-state index contributed by atoms with van der Waals surface area (Å²) >= 11 is 0. The SMILES string of the molecule is COc1cc2c(cc1OC)[C@]1(OC(C)=O)Cc3ccc4occc4c3O[C@@H]1CO2. The van der Waals surface area contributed by atoms with E-state index in [1.54, 1.807) is 32.6 Å². The molecule has 0 saturated carbocycles. The van der Waals surface area contributed by atoms with Crippen LogP contribution in [0.2, 0.25) is 0 Å². The van der Waals surface area contributed by atoms with Crippen LogP contribution in [-0.2, 0) is 21.6 Å². The molecule has 7 nitrogen and oxygen atoms in total. The summed E-state index contributed by atoms with van der Waals surface area (Å²) in [6.07, 6.45) is 1.55. The van der Waals surface area contributed by atoms with Crippen molar-refractivity contribution in [1.29, 1.82) is 0 Å². The lowest BCUT2D eigenvalue weighted by Crippen LogP contribution is -2.55. The van der Waals surface area contributed by atoms with E-state index in [0.717, 1.165) is 22.3 Å². The Morgan fingerprint density at radius 1 is 1.14 bits per heavy atom. The Kier molecular flexibility index (Phi) is 3.87. The van der Waals surface area contributed by atoms with Gasteiger partial charge >= 0.3 is 5.97 Å². The van der Waals surface area contributed by atoms with Crippen LogP contribution in [0.3, 0.4) is 0 Å². The second-order valence-electron chi connectivity index (χ2n) is 7.17. The summed E-state index contributed by atoms with van der Waals surface area (Å²) in [5, 5.41) is 0.886. The Balaban J connectivity index is 1.72. The summed E-state index contributed by atoms with van der Waals surface area (Å²) in [6.45, 7) is 1.62. The molecule has 0 aliphatic carbocycles. The van der Waals surface area contributed by atoms with Gasteiger partial charge in [-0.3, -0.25) is 4.79 Å². The largest absolute Gasteiger partial charge is 0.493 e. The van der Waals surface area contributed by atoms with Crippen molar-refractivity contribution in [3.63, 3.8) is 0 Å². The van der Waals surface area contributed by atoms with E-state index in [2.05, 4.69) is 0 Å². The van der Waals surface area contributed by atoms with E-state index in [0.29, 0.717) is 29.2 Å². The molecule has 2 aliphatic rings. The molecule has 0 radical (unpaired) electrons. The van der Waals surface area contributed by atoms with Crippen LogP contribution in [0.5, 0.6) is 23.0 Å². The van der Waals surface area contributed by atoms with E-state index in [9.17, 15) is 4.79 Å². The summed E-state index contributed by atoms with van der Waals surface area (Å²) in [6, 6.07) is 9.27. The van der Waals surface area contributed by atoms with E-state index in [4.69, 9.17) is 28.1 Å². The van der Waals surface area contributed by atoms with Gasteiger partial charge < -0.3 is 28.1 Å². The van der Waals surface area contributed by atoms with E-state index < -0.39 is 17.7 Å². The van der Waals surface area contributed by atoms with Gasteiger partial charge in [0, 0.05) is 25.0 Å². The molecule has 29 heavy (non-hydrogen) atoms. The molecular formula is C22H20O7. The summed E-state index contributed by atoms with van der Waals surface area (Å²) < 4.78 is 34.7. The molecule has 0 N–H and O–H groups in total. The van der Waals surface area contributed by atoms with Crippen molar-refractivity contribution in [2.75, 3.05) is 20.8 Å². The molecule has 2 aromatic carbocycles. The van der Waals surface area contributed by atoms with Gasteiger partial charge in [-0.2, -0.15) is 0 Å². The van der Waals surface area contributed by atoms with Crippen LogP contribution >= 0.6 is 0 Å². The highest BCUT2D eigenvalue weighted by molar-refractivity contribution is 5.86. The predicted octanol–water partition coefficient (Wildman–Crippen LogP) is 3.60. The lowest BCUT2D eigenvalue weighted by atomic mass is 9.78. The second-order valence-corrected chi connectivity index (χ2v) is 7.17. The molecule has 0 fully saturated rings. The number of ether oxygens (including phenoxy) is 5. The molecule has 0 unspecified atom stereocenters. The third-order valence-electron chi connectivity index (χ3n) is 5.56. The third kappa shape index (κ3) is 2.53. The zero-order valence-corrected chi connectivity index (χ0v) is 16.3. The minimum absolute atomic E-state index is 0.226. The smallest absolute Gasteiger partial charge is 0.303 e. The van der Waals surface area contributed by atoms with Crippen LogP contribution in [0.4, 0.5) is 0 Å². The molecule has 5 rings (SSSR count). The maximum atomic E-state index is 12.1. The van der Waals surface area contributed by atoms with E-state index in [-0.39, 0.29) is 6.61 Å². The van der Waals surface area contributed by atoms with Crippen molar-refractivity contribution in [3.05, 3.63) is 47.7 Å². The van der Waals surface area contributed by atoms with Crippen LogP contribution < -0.4 is 18.9 Å². The Morgan fingerprint density at radius 3 is 2.69 bits per heavy atom. The molecule has 0 bridgehead atoms. The maximum absolute atomic E-state index is 12.1. The first-order valence-corrected chi connectivity index (χ1v) is 9.30. The van der Waals surface area contributed by atoms with Gasteiger partial charge in [0.05, 0.1) is 25.9 Å². The zero-order valence-electron chi connectivity index (χ0n) is 16.3. The molecule has 1 aromatic heterocycles. The van der Waals surface area contributed by atoms with Crippen LogP contribution in [0.1, 0.15) is 18.1 Å². The molecule has 7 heteroatoms. The van der Waals surface area contributed by atoms with Crippen LogP contribution in [0.15, 0.2) is 41.0 Å². The lowest BCUT2D eigenvalue weighted by Gasteiger charge is -2.46. The Bertz CT molecular complexity index is 1120. The first kappa shape index (κ1) is 17.7. The summed E-state index contributed by atoms with van der Waals surface area (Å²) in [5.74, 6) is 1.99. The van der Waals surface area contributed by atoms with Crippen molar-refractivity contribution in [2.45, 2.75) is 25.0 Å². The number of fused-ring (bicyclic) bond motifs is 6. The fraction of sp³-hybridized carbons (Fsp3) is 0.318. The Hall–Kier alpha value is -3.35. The fourth-order valence-electron chi connectivity index (χ4n) is 4.30. The number of rotatable bonds is 3. The standard InChI is InChI=1S/C22H20O7/c1-12(23)29-22-10-13-4-5-16-14(6-7-26-16)21(13)28-20(22)11-27-17-9-19(25-3)18(24-2)8-15(17)22/h4-9,20H,10-11H2,1-3H3/t20-,22-/m1/s1. The average molecular weight is 396 g/mol. The van der Waals surface area contributed by atoms with Crippen molar-refractivity contribution in [1.82, 2.24) is 0 Å². The highest BCUT2D eigenvalue weighted by Gasteiger charge is 2.54. The number of methoxy groups -OCH3 is 2. The van der Waals surface area contributed by atoms with E-state index >= 15 is 0 Å². The predicted molar refractivity (Wildman–Crippen MR) is 103 cm³/mol. The number of furan rings is 1. The van der Waals surface area contributed by atoms with Gasteiger partial charge in [0.25, 0.3) is 0 Å². The van der Waals surface area contributed by atoms with Crippen molar-refractivity contribution >= 4 is 16.9 Å². The minimum atomic E-state index is -1.04. The number of esters is 1. The molecule has 0 spiro atoms. The molecular weight excluding hydrogens is 376 g/mol. The molecule has 2 aliphatic heterocycles. The number of hydrogen-bond donors (Lipinski definition) is 0. The number of hydrogen-bond acceptors (Lipinski definition) is 7. The van der Waals surface area contributed by atoms with Crippen molar-refractivity contribution in [2.24, 2.45) is 0 Å². The first-order valence-electron chi connectivity index (χ1n) is 9.30. The zero-order chi connectivity index (χ0) is 20.2. The van der Waals surface area contributed by atoms with Gasteiger partial charge in [-0.25, -0.2) is 0 Å². The lowest BCUT2D eigenvalue weighted by molar-refractivity contribution is -0.180. The van der Waals surface area contributed by atoms with Crippen molar-refractivity contribution < 1.29 is 32.9 Å². The summed E-state index contributed by atoms with van der Waals surface area (Å²) in [5.41, 5.74) is 1.33. The molecule has 0 saturated heterocycles. The maximum Gasteiger partial charge on any atom is 0.303 e. The number of carbonyl (C=O) groups is 1. The van der Waals surface area contributed by atoms with Gasteiger partial charge in [0.1, 0.15) is 23.7 Å². The summed E-state index contributed by atoms with van der Waals surface area (Å²) in [7, 11) is 3.13. The van der Waals surface area contributed by atoms with Crippen LogP contribution in [0, 0.1) is 0 Å². The number of carbonyl (C=O) groups excluding carboxylic acids is 1. The molecule has 2 atom stereocenters. The average Bonchev–Trinajstić information content (AvgIpc) is 3.20. The van der Waals surface area contributed by atoms with Crippen LogP contribution in [-0.4, -0.2) is 32.9 Å². The third-order valence-corrected chi connectivity index (χ3v) is 5.56. The molecule has 3 heterocycles. The second kappa shape index (κ2) is 6.34. The van der Waals surface area contributed by atoms with E-state index in [1.807, 2.05) is 18.2 Å². The van der Waals surface area contributed by atoms with Gasteiger partial charge in [0.15, 0.2) is 23.2 Å². The first-order chi connectivity index (χ1) is 14.1. The monoisotopic (exact) mass is 396 g/mol. The Morgan fingerprint density at radius 2 is 1.93 bits per heavy atom. The van der Waals surface area contributed by atoms with Gasteiger partial charge in [-0.1, -0.05) is 6.07 Å². The molecule has 150 valence electrons. The van der Waals surface area contributed by atoms with Gasteiger partial charge in [0.2, 0.25) is 0 Å². The topological polar surface area (TPSA) is 76.4 Å². The van der Waals surface area contributed by atoms with Gasteiger partial charge in [-0.15, -0.1) is 0 Å². The quantitative estimate of drug-likeness (QED) is 0.626. The highest BCUT2D eigenvalue weighted by atomic mass is 16.6. The normalized spacial score (nSPS) is 21.8. The van der Waals surface area contributed by atoms with Crippen molar-refractivity contribution in [3.8, 4) is 23.0 Å². The Labute approximate surface area is 167 Å². The van der Waals surface area contributed by atoms with E-state index in [1.165, 1.54) is 6.92 Å². The van der Waals surface area contributed by atoms with Crippen LogP contribution in [0.25, 0.3) is 11.0 Å². The molecule has 3 aromatic rings. The highest BCUT2D eigenvalue weighted by Crippen LogP contribution is 2.52. The molecule has 0 amide bonds. The fourth-order valence-corrected chi connectivity index (χ4v) is 4.30. The number of benzene rings is 2. The summed E-state index contributed by atoms with van der Waals surface area (Å²) in [4.78, 5) is 12.1.